The van der Waals surface area contributed by atoms with Crippen LogP contribution in [0.5, 0.6) is 0 Å². The highest BCUT2D eigenvalue weighted by molar-refractivity contribution is 5.95. The van der Waals surface area contributed by atoms with Gasteiger partial charge >= 0.3 is 0 Å². The molecule has 6 heteroatoms. The lowest BCUT2D eigenvalue weighted by atomic mass is 9.71. The van der Waals surface area contributed by atoms with Crippen molar-refractivity contribution in [1.82, 2.24) is 9.80 Å². The first-order valence-corrected chi connectivity index (χ1v) is 10.7. The van der Waals surface area contributed by atoms with Gasteiger partial charge in [-0.05, 0) is 41.7 Å². The van der Waals surface area contributed by atoms with Crippen LogP contribution in [-0.2, 0) is 4.79 Å². The number of likely N-dealkylation sites (tertiary alicyclic amines) is 1. The molecule has 2 aliphatic rings. The zero-order valence-electron chi connectivity index (χ0n) is 17.9. The molecule has 2 aromatic rings. The van der Waals surface area contributed by atoms with Gasteiger partial charge in [0.2, 0.25) is 5.91 Å². The van der Waals surface area contributed by atoms with Crippen molar-refractivity contribution in [2.24, 2.45) is 5.92 Å². The lowest BCUT2D eigenvalue weighted by molar-refractivity contribution is -0.154. The summed E-state index contributed by atoms with van der Waals surface area (Å²) in [5, 5.41) is 20.0. The molecule has 6 nitrogen and oxygen atoms in total. The number of aliphatic hydroxyl groups is 1. The van der Waals surface area contributed by atoms with Crippen LogP contribution in [0.15, 0.2) is 48.5 Å². The fraction of sp³-hybridized carbons (Fsp3) is 0.400. The van der Waals surface area contributed by atoms with E-state index in [1.807, 2.05) is 42.5 Å². The van der Waals surface area contributed by atoms with Gasteiger partial charge in [-0.25, -0.2) is 0 Å². The number of nitrogens with zero attached hydrogens (tertiary/aromatic N) is 3. The Balaban J connectivity index is 1.70. The minimum Gasteiger partial charge on any atom is -0.394 e. The Morgan fingerprint density at radius 1 is 1.16 bits per heavy atom. The first kappa shape index (κ1) is 21.1. The van der Waals surface area contributed by atoms with Crippen molar-refractivity contribution in [2.45, 2.75) is 37.3 Å². The van der Waals surface area contributed by atoms with Crippen LogP contribution < -0.4 is 0 Å². The molecule has 0 bridgehead atoms. The third-order valence-electron chi connectivity index (χ3n) is 6.59. The normalized spacial score (nSPS) is 22.8. The average molecular weight is 418 g/mol. The van der Waals surface area contributed by atoms with E-state index in [9.17, 15) is 20.0 Å². The Bertz CT molecular complexity index is 1040. The van der Waals surface area contributed by atoms with Crippen LogP contribution >= 0.6 is 0 Å². The molecule has 4 rings (SSSR count). The molecular formula is C25H27N3O3. The van der Waals surface area contributed by atoms with E-state index in [2.05, 4.69) is 6.07 Å². The standard InChI is InChI=1S/C25H27N3O3/c1-27(2)24(30)18-10-6-9-17(13-18)19-11-3-4-12-20(19)23-21(14-26)28(22(23)15-29)25(31)16-7-5-8-16/h3-4,6,9-13,16,21-23,29H,5,7-8,15H2,1-2H3/t21-,22+,23-/m0/s1. The van der Waals surface area contributed by atoms with Gasteiger partial charge in [0.05, 0.1) is 18.7 Å². The van der Waals surface area contributed by atoms with Crippen molar-refractivity contribution in [1.29, 1.82) is 5.26 Å². The molecule has 3 atom stereocenters. The molecule has 1 saturated carbocycles. The molecule has 0 spiro atoms. The summed E-state index contributed by atoms with van der Waals surface area (Å²) in [6, 6.07) is 16.5. The van der Waals surface area contributed by atoms with Gasteiger partial charge in [-0.3, -0.25) is 9.59 Å². The van der Waals surface area contributed by atoms with Gasteiger partial charge in [-0.15, -0.1) is 0 Å². The van der Waals surface area contributed by atoms with Crippen LogP contribution in [0, 0.1) is 17.2 Å². The van der Waals surface area contributed by atoms with Crippen molar-refractivity contribution >= 4 is 11.8 Å². The lowest BCUT2D eigenvalue weighted by Crippen LogP contribution is -2.66. The summed E-state index contributed by atoms with van der Waals surface area (Å²) in [7, 11) is 3.43. The SMILES string of the molecule is CN(C)C(=O)c1cccc(-c2ccccc2[C@@H]2[C@@H](CO)N(C(=O)C3CCC3)[C@H]2C#N)c1. The molecule has 160 valence electrons. The number of carbonyl (C=O) groups is 2. The van der Waals surface area contributed by atoms with Crippen molar-refractivity contribution in [3.8, 4) is 17.2 Å². The maximum Gasteiger partial charge on any atom is 0.253 e. The van der Waals surface area contributed by atoms with E-state index in [4.69, 9.17) is 0 Å². The number of nitriles is 1. The third kappa shape index (κ3) is 3.60. The molecule has 2 aromatic carbocycles. The summed E-state index contributed by atoms with van der Waals surface area (Å²) >= 11 is 0. The van der Waals surface area contributed by atoms with Crippen molar-refractivity contribution in [2.75, 3.05) is 20.7 Å². The van der Waals surface area contributed by atoms with Crippen LogP contribution in [0.3, 0.4) is 0 Å². The number of rotatable bonds is 5. The topological polar surface area (TPSA) is 84.6 Å². The van der Waals surface area contributed by atoms with Gasteiger partial charge in [-0.2, -0.15) is 5.26 Å². The predicted octanol–water partition coefficient (Wildman–Crippen LogP) is 3.03. The fourth-order valence-electron chi connectivity index (χ4n) is 4.68. The number of amides is 2. The quantitative estimate of drug-likeness (QED) is 0.810. The molecular weight excluding hydrogens is 390 g/mol. The summed E-state index contributed by atoms with van der Waals surface area (Å²) in [5.74, 6) is -0.384. The summed E-state index contributed by atoms with van der Waals surface area (Å²) in [4.78, 5) is 28.4. The Morgan fingerprint density at radius 2 is 1.90 bits per heavy atom. The molecule has 0 unspecified atom stereocenters. The average Bonchev–Trinajstić information content (AvgIpc) is 2.72. The molecule has 1 N–H and O–H groups in total. The van der Waals surface area contributed by atoms with E-state index >= 15 is 0 Å². The molecule has 1 aliphatic carbocycles. The van der Waals surface area contributed by atoms with Crippen molar-refractivity contribution < 1.29 is 14.7 Å². The molecule has 0 aromatic heterocycles. The molecule has 2 fully saturated rings. The van der Waals surface area contributed by atoms with Crippen LogP contribution in [0.1, 0.15) is 41.1 Å². The second kappa shape index (κ2) is 8.52. The Kier molecular flexibility index (Phi) is 5.79. The van der Waals surface area contributed by atoms with Gasteiger partial charge in [0.1, 0.15) is 6.04 Å². The lowest BCUT2D eigenvalue weighted by Gasteiger charge is -2.53. The van der Waals surface area contributed by atoms with Crippen LogP contribution in [0.25, 0.3) is 11.1 Å². The van der Waals surface area contributed by atoms with Gasteiger partial charge in [0, 0.05) is 31.5 Å². The summed E-state index contributed by atoms with van der Waals surface area (Å²) in [6.45, 7) is -0.186. The molecule has 31 heavy (non-hydrogen) atoms. The number of aliphatic hydroxyl groups excluding tert-OH is 1. The van der Waals surface area contributed by atoms with E-state index in [0.29, 0.717) is 5.56 Å². The van der Waals surface area contributed by atoms with Crippen LogP contribution in [0.2, 0.25) is 0 Å². The summed E-state index contributed by atoms with van der Waals surface area (Å²) < 4.78 is 0. The van der Waals surface area contributed by atoms with Crippen molar-refractivity contribution in [3.05, 3.63) is 59.7 Å². The van der Waals surface area contributed by atoms with Gasteiger partial charge in [-0.1, -0.05) is 42.8 Å². The predicted molar refractivity (Wildman–Crippen MR) is 117 cm³/mol. The first-order chi connectivity index (χ1) is 15.0. The van der Waals surface area contributed by atoms with Crippen molar-refractivity contribution in [3.63, 3.8) is 0 Å². The second-order valence-corrected chi connectivity index (χ2v) is 8.59. The molecule has 1 aliphatic heterocycles. The number of benzene rings is 2. The van der Waals surface area contributed by atoms with E-state index in [0.717, 1.165) is 36.0 Å². The fourth-order valence-corrected chi connectivity index (χ4v) is 4.68. The number of hydrogen-bond donors (Lipinski definition) is 1. The third-order valence-corrected chi connectivity index (χ3v) is 6.59. The zero-order valence-corrected chi connectivity index (χ0v) is 17.9. The highest BCUT2D eigenvalue weighted by Crippen LogP contribution is 2.46. The van der Waals surface area contributed by atoms with Gasteiger partial charge in [0.15, 0.2) is 0 Å². The Labute approximate surface area is 182 Å². The largest absolute Gasteiger partial charge is 0.394 e. The monoisotopic (exact) mass is 417 g/mol. The molecule has 1 heterocycles. The molecule has 2 amide bonds. The van der Waals surface area contributed by atoms with E-state index in [-0.39, 0.29) is 30.3 Å². The molecule has 1 saturated heterocycles. The van der Waals surface area contributed by atoms with Gasteiger partial charge in [0.25, 0.3) is 5.91 Å². The summed E-state index contributed by atoms with van der Waals surface area (Å²) in [6.07, 6.45) is 2.76. The zero-order chi connectivity index (χ0) is 22.1. The van der Waals surface area contributed by atoms with E-state index < -0.39 is 12.1 Å². The second-order valence-electron chi connectivity index (χ2n) is 8.59. The smallest absolute Gasteiger partial charge is 0.253 e. The summed E-state index contributed by atoms with van der Waals surface area (Å²) in [5.41, 5.74) is 3.29. The first-order valence-electron chi connectivity index (χ1n) is 10.7. The number of carbonyl (C=O) groups excluding carboxylic acids is 2. The highest BCUT2D eigenvalue weighted by Gasteiger charge is 2.53. The number of hydrogen-bond acceptors (Lipinski definition) is 4. The van der Waals surface area contributed by atoms with E-state index in [1.54, 1.807) is 25.1 Å². The Morgan fingerprint density at radius 3 is 2.52 bits per heavy atom. The van der Waals surface area contributed by atoms with Gasteiger partial charge < -0.3 is 14.9 Å². The highest BCUT2D eigenvalue weighted by atomic mass is 16.3. The Hall–Kier alpha value is -3.17. The minimum atomic E-state index is -0.599. The maximum absolute atomic E-state index is 12.9. The minimum absolute atomic E-state index is 0.0100. The van der Waals surface area contributed by atoms with E-state index in [1.165, 1.54) is 4.90 Å². The van der Waals surface area contributed by atoms with Crippen LogP contribution in [0.4, 0.5) is 0 Å². The molecule has 0 radical (unpaired) electrons. The maximum atomic E-state index is 12.9. The van der Waals surface area contributed by atoms with Crippen LogP contribution in [-0.4, -0.2) is 59.5 Å².